The van der Waals surface area contributed by atoms with Crippen LogP contribution in [0.4, 0.5) is 0 Å². The lowest BCUT2D eigenvalue weighted by molar-refractivity contribution is -0.870. The molecular weight excluding hydrogens is 308 g/mol. The van der Waals surface area contributed by atoms with Gasteiger partial charge in [0, 0.05) is 6.54 Å². The van der Waals surface area contributed by atoms with Gasteiger partial charge in [0.15, 0.2) is 0 Å². The van der Waals surface area contributed by atoms with E-state index in [9.17, 15) is 9.59 Å². The first-order chi connectivity index (χ1) is 11.3. The van der Waals surface area contributed by atoms with Crippen molar-refractivity contribution in [2.45, 2.75) is 19.8 Å². The average Bonchev–Trinajstić information content (AvgIpc) is 2.51. The SMILES string of the molecule is CCCOc1ccccc1C(=O)NCCC(=O)OCC[N+](C)(C)C. The highest BCUT2D eigenvalue weighted by Crippen LogP contribution is 2.17. The van der Waals surface area contributed by atoms with Gasteiger partial charge in [0.2, 0.25) is 0 Å². The van der Waals surface area contributed by atoms with E-state index in [1.54, 1.807) is 18.2 Å². The van der Waals surface area contributed by atoms with Crippen molar-refractivity contribution in [2.24, 2.45) is 0 Å². The molecule has 0 unspecified atom stereocenters. The van der Waals surface area contributed by atoms with Crippen LogP contribution in [0.2, 0.25) is 0 Å². The van der Waals surface area contributed by atoms with Crippen molar-refractivity contribution >= 4 is 11.9 Å². The monoisotopic (exact) mass is 337 g/mol. The number of para-hydroxylation sites is 1. The highest BCUT2D eigenvalue weighted by Gasteiger charge is 2.13. The molecule has 134 valence electrons. The normalized spacial score (nSPS) is 11.0. The number of benzene rings is 1. The maximum atomic E-state index is 12.2. The zero-order valence-corrected chi connectivity index (χ0v) is 15.1. The molecule has 0 aliphatic heterocycles. The van der Waals surface area contributed by atoms with Crippen molar-refractivity contribution in [1.82, 2.24) is 5.32 Å². The minimum Gasteiger partial charge on any atom is -0.493 e. The second kappa shape index (κ2) is 9.93. The quantitative estimate of drug-likeness (QED) is 0.523. The predicted octanol–water partition coefficient (Wildman–Crippen LogP) is 1.84. The van der Waals surface area contributed by atoms with E-state index in [0.717, 1.165) is 17.4 Å². The Labute approximate surface area is 144 Å². The van der Waals surface area contributed by atoms with Crippen molar-refractivity contribution in [3.8, 4) is 5.75 Å². The number of rotatable bonds is 10. The summed E-state index contributed by atoms with van der Waals surface area (Å²) in [6, 6.07) is 7.09. The number of hydrogen-bond acceptors (Lipinski definition) is 4. The van der Waals surface area contributed by atoms with Crippen LogP contribution in [-0.4, -0.2) is 63.8 Å². The summed E-state index contributed by atoms with van der Waals surface area (Å²) < 4.78 is 11.5. The molecule has 1 aromatic carbocycles. The fraction of sp³-hybridized carbons (Fsp3) is 0.556. The molecule has 6 heteroatoms. The van der Waals surface area contributed by atoms with Gasteiger partial charge in [-0.1, -0.05) is 19.1 Å². The van der Waals surface area contributed by atoms with Crippen LogP contribution in [0.15, 0.2) is 24.3 Å². The van der Waals surface area contributed by atoms with Crippen LogP contribution in [0.3, 0.4) is 0 Å². The lowest BCUT2D eigenvalue weighted by Gasteiger charge is -2.23. The summed E-state index contributed by atoms with van der Waals surface area (Å²) in [5.41, 5.74) is 0.476. The van der Waals surface area contributed by atoms with Gasteiger partial charge in [-0.15, -0.1) is 0 Å². The highest BCUT2D eigenvalue weighted by atomic mass is 16.5. The van der Waals surface area contributed by atoms with Gasteiger partial charge in [-0.3, -0.25) is 9.59 Å². The Balaban J connectivity index is 2.37. The minimum absolute atomic E-state index is 0.154. The molecule has 0 saturated carbocycles. The first kappa shape index (κ1) is 20.0. The largest absolute Gasteiger partial charge is 0.493 e. The lowest BCUT2D eigenvalue weighted by atomic mass is 10.2. The third kappa shape index (κ3) is 7.97. The summed E-state index contributed by atoms with van der Waals surface area (Å²) >= 11 is 0. The van der Waals surface area contributed by atoms with Gasteiger partial charge in [0.25, 0.3) is 5.91 Å². The van der Waals surface area contributed by atoms with Crippen LogP contribution in [0.5, 0.6) is 5.75 Å². The van der Waals surface area contributed by atoms with Gasteiger partial charge in [-0.2, -0.15) is 0 Å². The molecule has 0 fully saturated rings. The number of nitrogens with zero attached hydrogens (tertiary/aromatic N) is 1. The molecule has 1 N–H and O–H groups in total. The summed E-state index contributed by atoms with van der Waals surface area (Å²) in [4.78, 5) is 23.9. The molecule has 0 radical (unpaired) electrons. The van der Waals surface area contributed by atoms with Crippen molar-refractivity contribution in [3.63, 3.8) is 0 Å². The van der Waals surface area contributed by atoms with Crippen LogP contribution in [0, 0.1) is 0 Å². The van der Waals surface area contributed by atoms with Crippen LogP contribution < -0.4 is 10.1 Å². The van der Waals surface area contributed by atoms with Crippen molar-refractivity contribution in [3.05, 3.63) is 29.8 Å². The average molecular weight is 337 g/mol. The fourth-order valence-electron chi connectivity index (χ4n) is 1.87. The summed E-state index contributed by atoms with van der Waals surface area (Å²) in [7, 11) is 6.10. The van der Waals surface area contributed by atoms with E-state index in [0.29, 0.717) is 24.5 Å². The minimum atomic E-state index is -0.306. The van der Waals surface area contributed by atoms with E-state index >= 15 is 0 Å². The van der Waals surface area contributed by atoms with Gasteiger partial charge < -0.3 is 19.3 Å². The van der Waals surface area contributed by atoms with Crippen molar-refractivity contribution < 1.29 is 23.5 Å². The van der Waals surface area contributed by atoms with Crippen molar-refractivity contribution in [1.29, 1.82) is 0 Å². The zero-order valence-electron chi connectivity index (χ0n) is 15.1. The third-order valence-corrected chi connectivity index (χ3v) is 3.23. The van der Waals surface area contributed by atoms with Gasteiger partial charge in [-0.25, -0.2) is 0 Å². The number of amides is 1. The summed E-state index contributed by atoms with van der Waals surface area (Å²) in [6.45, 7) is 3.93. The number of ether oxygens (including phenoxy) is 2. The van der Waals surface area contributed by atoms with Crippen LogP contribution >= 0.6 is 0 Å². The molecule has 6 nitrogen and oxygen atoms in total. The van der Waals surface area contributed by atoms with Crippen LogP contribution in [0.1, 0.15) is 30.1 Å². The Hall–Kier alpha value is -2.08. The second-order valence-electron chi connectivity index (χ2n) is 6.58. The van der Waals surface area contributed by atoms with Gasteiger partial charge in [0.05, 0.1) is 39.7 Å². The molecule has 0 atom stereocenters. The summed E-state index contributed by atoms with van der Waals surface area (Å²) in [5.74, 6) is 0.00232. The topological polar surface area (TPSA) is 64.6 Å². The molecule has 24 heavy (non-hydrogen) atoms. The number of carbonyl (C=O) groups is 2. The molecule has 0 heterocycles. The predicted molar refractivity (Wildman–Crippen MR) is 93.0 cm³/mol. The Bertz CT molecular complexity index is 538. The molecule has 1 rings (SSSR count). The standard InChI is InChI=1S/C18H28N2O4/c1-5-13-23-16-9-7-6-8-15(16)18(22)19-11-10-17(21)24-14-12-20(2,3)4/h6-9H,5,10-14H2,1-4H3/p+1. The van der Waals surface area contributed by atoms with Gasteiger partial charge >= 0.3 is 5.97 Å². The number of likely N-dealkylation sites (N-methyl/N-ethyl adjacent to an activating group) is 1. The van der Waals surface area contributed by atoms with Crippen LogP contribution in [-0.2, 0) is 9.53 Å². The smallest absolute Gasteiger partial charge is 0.307 e. The van der Waals surface area contributed by atoms with E-state index in [1.165, 1.54) is 0 Å². The molecular formula is C18H29N2O4+. The first-order valence-electron chi connectivity index (χ1n) is 8.29. The number of hydrogen-bond donors (Lipinski definition) is 1. The van der Waals surface area contributed by atoms with Crippen molar-refractivity contribution in [2.75, 3.05) is 47.4 Å². The first-order valence-corrected chi connectivity index (χ1v) is 8.29. The number of nitrogens with one attached hydrogen (secondary N) is 1. The molecule has 0 aliphatic rings. The molecule has 1 amide bonds. The molecule has 0 aliphatic carbocycles. The second-order valence-corrected chi connectivity index (χ2v) is 6.58. The molecule has 0 bridgehead atoms. The number of carbonyl (C=O) groups excluding carboxylic acids is 2. The lowest BCUT2D eigenvalue weighted by Crippen LogP contribution is -2.38. The van der Waals surface area contributed by atoms with Crippen LogP contribution in [0.25, 0.3) is 0 Å². The molecule has 1 aromatic rings. The molecule has 0 aromatic heterocycles. The maximum absolute atomic E-state index is 12.2. The van der Waals surface area contributed by atoms with Gasteiger partial charge in [0.1, 0.15) is 18.9 Å². The third-order valence-electron chi connectivity index (χ3n) is 3.23. The molecule has 0 spiro atoms. The fourth-order valence-corrected chi connectivity index (χ4v) is 1.87. The highest BCUT2D eigenvalue weighted by molar-refractivity contribution is 5.97. The number of quaternary nitrogens is 1. The molecule has 0 saturated heterocycles. The zero-order chi connectivity index (χ0) is 18.0. The Morgan fingerprint density at radius 2 is 1.83 bits per heavy atom. The van der Waals surface area contributed by atoms with Gasteiger partial charge in [-0.05, 0) is 18.6 Å². The Morgan fingerprint density at radius 1 is 1.12 bits per heavy atom. The summed E-state index contributed by atoms with van der Waals surface area (Å²) in [6.07, 6.45) is 1.02. The summed E-state index contributed by atoms with van der Waals surface area (Å²) in [5, 5.41) is 2.73. The van der Waals surface area contributed by atoms with E-state index in [-0.39, 0.29) is 24.8 Å². The Morgan fingerprint density at radius 3 is 2.50 bits per heavy atom. The number of esters is 1. The van der Waals surface area contributed by atoms with E-state index in [1.807, 2.05) is 34.1 Å². The van der Waals surface area contributed by atoms with E-state index in [2.05, 4.69) is 5.32 Å². The maximum Gasteiger partial charge on any atom is 0.307 e. The van der Waals surface area contributed by atoms with E-state index < -0.39 is 0 Å². The van der Waals surface area contributed by atoms with E-state index in [4.69, 9.17) is 9.47 Å². The Kier molecular flexibility index (Phi) is 8.26.